The third-order valence-electron chi connectivity index (χ3n) is 4.13. The van der Waals surface area contributed by atoms with Crippen molar-refractivity contribution >= 4 is 49.3 Å². The minimum absolute atomic E-state index is 0.0181. The van der Waals surface area contributed by atoms with Crippen LogP contribution in [-0.2, 0) is 15.7 Å². The minimum Gasteiger partial charge on any atom is -0.370 e. The molecule has 0 saturated carbocycles. The molecule has 1 saturated heterocycles. The van der Waals surface area contributed by atoms with Crippen LogP contribution in [-0.4, -0.2) is 72.5 Å². The summed E-state index contributed by atoms with van der Waals surface area (Å²) in [5, 5.41) is 11.4. The van der Waals surface area contributed by atoms with E-state index >= 15 is 0 Å². The van der Waals surface area contributed by atoms with Gasteiger partial charge in [-0.25, -0.2) is 17.6 Å². The van der Waals surface area contributed by atoms with Gasteiger partial charge < -0.3 is 5.11 Å². The van der Waals surface area contributed by atoms with Gasteiger partial charge in [0, 0.05) is 25.4 Å². The maximum atomic E-state index is 12.5. The molecule has 1 aromatic rings. The summed E-state index contributed by atoms with van der Waals surface area (Å²) in [6, 6.07) is 4.61. The van der Waals surface area contributed by atoms with E-state index in [-0.39, 0.29) is 9.92 Å². The Bertz CT molecular complexity index is 747. The Balaban J connectivity index is 2.55. The van der Waals surface area contributed by atoms with E-state index in [4.69, 9.17) is 11.6 Å². The first-order valence-electron chi connectivity index (χ1n) is 7.06. The van der Waals surface area contributed by atoms with E-state index < -0.39 is 19.7 Å². The number of hydrogen-bond donors (Lipinski definition) is 1. The Morgan fingerprint density at radius 2 is 1.92 bits per heavy atom. The van der Waals surface area contributed by atoms with Gasteiger partial charge in [-0.1, -0.05) is 17.7 Å². The van der Waals surface area contributed by atoms with Crippen LogP contribution in [0.1, 0.15) is 5.56 Å². The molecule has 1 N–H and O–H groups in total. The molecule has 1 aliphatic heterocycles. The number of sulfonamides is 1. The second kappa shape index (κ2) is 6.70. The van der Waals surface area contributed by atoms with Gasteiger partial charge in [-0.3, -0.25) is 4.90 Å². The number of benzene rings is 1. The largest absolute Gasteiger partial charge is 0.370 e. The first-order chi connectivity index (χ1) is 10.9. The van der Waals surface area contributed by atoms with Crippen molar-refractivity contribution in [2.45, 2.75) is 14.5 Å². The van der Waals surface area contributed by atoms with E-state index in [0.717, 1.165) is 4.31 Å². The molecular formula is C14H21BrClN3O3S2. The Hall–Kier alpha value is 0.130. The van der Waals surface area contributed by atoms with Gasteiger partial charge in [-0.2, -0.15) is 0 Å². The number of nitrogens with zero attached hydrogens (tertiary/aromatic N) is 3. The topological polar surface area (TPSA) is 64.1 Å². The Labute approximate surface area is 160 Å². The summed E-state index contributed by atoms with van der Waals surface area (Å²) < 4.78 is 25.4. The van der Waals surface area contributed by atoms with Gasteiger partial charge in [-0.15, -0.1) is 11.8 Å². The fraction of sp³-hybridized carbons (Fsp3) is 0.571. The average Bonchev–Trinajstić information content (AvgIpc) is 2.74. The molecule has 2 unspecified atom stereocenters. The summed E-state index contributed by atoms with van der Waals surface area (Å²) in [5.74, 6) is 0.371. The Morgan fingerprint density at radius 1 is 1.33 bits per heavy atom. The van der Waals surface area contributed by atoms with Gasteiger partial charge in [0.05, 0.1) is 5.02 Å². The Morgan fingerprint density at radius 3 is 2.38 bits per heavy atom. The SMILES string of the molecule is CN(C)C1(Br)SCC(O)(c2ccc(Cl)c(S(=O)(=O)N(C)C)c2)N1C. The monoisotopic (exact) mass is 457 g/mol. The summed E-state index contributed by atoms with van der Waals surface area (Å²) in [6.07, 6.45) is 0. The molecule has 0 radical (unpaired) electrons. The molecule has 0 spiro atoms. The van der Waals surface area contributed by atoms with Crippen LogP contribution in [0.15, 0.2) is 23.1 Å². The van der Waals surface area contributed by atoms with Crippen molar-refractivity contribution < 1.29 is 13.5 Å². The number of halogens is 2. The fourth-order valence-corrected chi connectivity index (χ4v) is 5.85. The third-order valence-corrected chi connectivity index (χ3v) is 9.91. The van der Waals surface area contributed by atoms with Crippen molar-refractivity contribution in [3.05, 3.63) is 28.8 Å². The summed E-state index contributed by atoms with van der Waals surface area (Å²) in [6.45, 7) is 0. The number of rotatable bonds is 4. The Kier molecular flexibility index (Phi) is 5.70. The molecule has 136 valence electrons. The first-order valence-corrected chi connectivity index (χ1v) is 10.7. The van der Waals surface area contributed by atoms with Crippen LogP contribution in [0.3, 0.4) is 0 Å². The zero-order chi connectivity index (χ0) is 18.5. The van der Waals surface area contributed by atoms with E-state index in [9.17, 15) is 13.5 Å². The maximum absolute atomic E-state index is 12.5. The van der Waals surface area contributed by atoms with Crippen molar-refractivity contribution in [3.63, 3.8) is 0 Å². The van der Waals surface area contributed by atoms with E-state index in [1.807, 2.05) is 19.0 Å². The summed E-state index contributed by atoms with van der Waals surface area (Å²) in [7, 11) is 4.76. The summed E-state index contributed by atoms with van der Waals surface area (Å²) in [5.41, 5.74) is -0.856. The predicted molar refractivity (Wildman–Crippen MR) is 102 cm³/mol. The molecule has 0 aliphatic carbocycles. The van der Waals surface area contributed by atoms with Crippen LogP contribution in [0.25, 0.3) is 0 Å². The maximum Gasteiger partial charge on any atom is 0.244 e. The highest BCUT2D eigenvalue weighted by molar-refractivity contribution is 9.11. The van der Waals surface area contributed by atoms with Gasteiger partial charge in [0.2, 0.25) is 10.0 Å². The quantitative estimate of drug-likeness (QED) is 0.550. The second-order valence-electron chi connectivity index (χ2n) is 6.02. The molecule has 0 bridgehead atoms. The highest BCUT2D eigenvalue weighted by Gasteiger charge is 2.54. The van der Waals surface area contributed by atoms with E-state index in [2.05, 4.69) is 15.9 Å². The lowest BCUT2D eigenvalue weighted by atomic mass is 10.0. The van der Waals surface area contributed by atoms with Gasteiger partial charge in [-0.05, 0) is 49.2 Å². The summed E-state index contributed by atoms with van der Waals surface area (Å²) >= 11 is 11.3. The normalized spacial score (nSPS) is 28.9. The molecule has 10 heteroatoms. The molecule has 1 aliphatic rings. The predicted octanol–water partition coefficient (Wildman–Crippen LogP) is 1.98. The summed E-state index contributed by atoms with van der Waals surface area (Å²) in [4.78, 5) is 3.68. The smallest absolute Gasteiger partial charge is 0.244 e. The number of hydrogen-bond acceptors (Lipinski definition) is 6. The van der Waals surface area contributed by atoms with Gasteiger partial charge in [0.1, 0.15) is 4.90 Å². The van der Waals surface area contributed by atoms with Crippen molar-refractivity contribution in [3.8, 4) is 0 Å². The lowest BCUT2D eigenvalue weighted by Crippen LogP contribution is -2.53. The van der Waals surface area contributed by atoms with E-state index in [1.165, 1.54) is 38.0 Å². The number of alkyl halides is 1. The molecule has 0 amide bonds. The average molecular weight is 459 g/mol. The van der Waals surface area contributed by atoms with Gasteiger partial charge in [0.25, 0.3) is 0 Å². The van der Waals surface area contributed by atoms with Crippen LogP contribution >= 0.6 is 39.3 Å². The fourth-order valence-electron chi connectivity index (χ4n) is 2.47. The molecule has 1 aromatic carbocycles. The van der Waals surface area contributed by atoms with Crippen molar-refractivity contribution in [1.82, 2.24) is 14.1 Å². The van der Waals surface area contributed by atoms with Gasteiger partial charge >= 0.3 is 0 Å². The highest BCUT2D eigenvalue weighted by Crippen LogP contribution is 2.52. The van der Waals surface area contributed by atoms with Gasteiger partial charge in [0.15, 0.2) is 9.63 Å². The number of aliphatic hydroxyl groups is 1. The van der Waals surface area contributed by atoms with Crippen LogP contribution < -0.4 is 0 Å². The van der Waals surface area contributed by atoms with Crippen molar-refractivity contribution in [2.75, 3.05) is 41.0 Å². The third kappa shape index (κ3) is 3.14. The van der Waals surface area contributed by atoms with Crippen molar-refractivity contribution in [1.29, 1.82) is 0 Å². The molecule has 6 nitrogen and oxygen atoms in total. The van der Waals surface area contributed by atoms with E-state index in [1.54, 1.807) is 18.0 Å². The molecule has 1 heterocycles. The first kappa shape index (κ1) is 20.4. The van der Waals surface area contributed by atoms with Crippen LogP contribution in [0.2, 0.25) is 5.02 Å². The molecule has 2 rings (SSSR count). The van der Waals surface area contributed by atoms with Crippen LogP contribution in [0.4, 0.5) is 0 Å². The second-order valence-corrected chi connectivity index (χ2v) is 11.3. The van der Waals surface area contributed by atoms with E-state index in [0.29, 0.717) is 11.3 Å². The van der Waals surface area contributed by atoms with Crippen LogP contribution in [0.5, 0.6) is 0 Å². The lowest BCUT2D eigenvalue weighted by molar-refractivity contribution is -0.102. The molecule has 24 heavy (non-hydrogen) atoms. The zero-order valence-corrected chi connectivity index (χ0v) is 18.1. The zero-order valence-electron chi connectivity index (χ0n) is 14.1. The molecule has 0 aromatic heterocycles. The highest BCUT2D eigenvalue weighted by atomic mass is 79.9. The minimum atomic E-state index is -3.71. The van der Waals surface area contributed by atoms with Crippen molar-refractivity contribution in [2.24, 2.45) is 0 Å². The number of thioether (sulfide) groups is 1. The lowest BCUT2D eigenvalue weighted by Gasteiger charge is -2.41. The molecule has 1 fully saturated rings. The van der Waals surface area contributed by atoms with Crippen LogP contribution in [0, 0.1) is 0 Å². The molecule has 2 atom stereocenters. The standard InChI is InChI=1S/C14H21BrClN3O3S2/c1-17(2)14(15)19(5)13(20,9-23-14)10-6-7-11(16)12(8-10)24(21,22)18(3)4/h6-8,20H,9H2,1-5H3. The molecular weight excluding hydrogens is 438 g/mol.